The molecule has 0 saturated heterocycles. The Morgan fingerprint density at radius 2 is 2.45 bits per heavy atom. The lowest BCUT2D eigenvalue weighted by molar-refractivity contribution is 0.568. The topological polar surface area (TPSA) is 52.0 Å². The van der Waals surface area contributed by atoms with Crippen molar-refractivity contribution >= 4 is 16.3 Å². The van der Waals surface area contributed by atoms with Gasteiger partial charge in [-0.1, -0.05) is 0 Å². The number of nitrogens with two attached hydrogens (primary N) is 1. The molecular formula is C7H6N2OS. The molecule has 0 radical (unpaired) electrons. The smallest absolute Gasteiger partial charge is 0.114 e. The van der Waals surface area contributed by atoms with E-state index in [2.05, 4.69) is 4.98 Å². The third-order valence-electron chi connectivity index (χ3n) is 1.39. The first-order chi connectivity index (χ1) is 5.38. The summed E-state index contributed by atoms with van der Waals surface area (Å²) >= 11 is 1.43. The molecule has 0 bridgehead atoms. The van der Waals surface area contributed by atoms with Gasteiger partial charge in [-0.3, -0.25) is 0 Å². The highest BCUT2D eigenvalue weighted by molar-refractivity contribution is 7.14. The minimum atomic E-state index is 0.728. The van der Waals surface area contributed by atoms with Crippen LogP contribution in [0, 0.1) is 0 Å². The maximum atomic E-state index is 5.65. The van der Waals surface area contributed by atoms with Crippen LogP contribution in [0.2, 0.25) is 0 Å². The van der Waals surface area contributed by atoms with Gasteiger partial charge in [-0.05, 0) is 6.07 Å². The zero-order chi connectivity index (χ0) is 7.68. The van der Waals surface area contributed by atoms with Crippen LogP contribution in [-0.2, 0) is 0 Å². The van der Waals surface area contributed by atoms with E-state index in [-0.39, 0.29) is 0 Å². The molecule has 11 heavy (non-hydrogen) atoms. The first-order valence-electron chi connectivity index (χ1n) is 3.09. The van der Waals surface area contributed by atoms with Crippen LogP contribution in [0.5, 0.6) is 0 Å². The lowest BCUT2D eigenvalue weighted by Crippen LogP contribution is -1.82. The number of hydrogen-bond donors (Lipinski definition) is 1. The van der Waals surface area contributed by atoms with Crippen LogP contribution in [0.15, 0.2) is 28.5 Å². The Balaban J connectivity index is 2.53. The minimum Gasteiger partial charge on any atom is -0.472 e. The van der Waals surface area contributed by atoms with Crippen LogP contribution in [-0.4, -0.2) is 4.98 Å². The van der Waals surface area contributed by atoms with Crippen molar-refractivity contribution in [2.45, 2.75) is 0 Å². The lowest BCUT2D eigenvalue weighted by atomic mass is 10.2. The highest BCUT2D eigenvalue weighted by atomic mass is 32.1. The van der Waals surface area contributed by atoms with Gasteiger partial charge >= 0.3 is 0 Å². The Hall–Kier alpha value is -1.29. The molecule has 0 aliphatic carbocycles. The summed E-state index contributed by atoms with van der Waals surface area (Å²) in [7, 11) is 0. The number of anilines is 1. The summed E-state index contributed by atoms with van der Waals surface area (Å²) in [6.07, 6.45) is 3.24. The van der Waals surface area contributed by atoms with Crippen molar-refractivity contribution in [1.82, 2.24) is 4.98 Å². The van der Waals surface area contributed by atoms with Crippen LogP contribution in [0.25, 0.3) is 11.3 Å². The van der Waals surface area contributed by atoms with E-state index >= 15 is 0 Å². The van der Waals surface area contributed by atoms with E-state index in [0.29, 0.717) is 0 Å². The predicted molar refractivity (Wildman–Crippen MR) is 44.2 cm³/mol. The first kappa shape index (κ1) is 6.42. The van der Waals surface area contributed by atoms with Gasteiger partial charge in [-0.25, -0.2) is 4.98 Å². The van der Waals surface area contributed by atoms with Gasteiger partial charge in [0.2, 0.25) is 0 Å². The Bertz CT molecular complexity index is 339. The number of nitrogen functional groups attached to an aromatic ring is 1. The molecule has 0 saturated carbocycles. The molecule has 0 aromatic carbocycles. The third-order valence-corrected chi connectivity index (χ3v) is 2.05. The molecule has 0 aliphatic rings. The molecular weight excluding hydrogens is 160 g/mol. The molecule has 2 heterocycles. The van der Waals surface area contributed by atoms with E-state index in [1.807, 2.05) is 6.07 Å². The Labute approximate surface area is 67.5 Å². The molecule has 2 aromatic rings. The minimum absolute atomic E-state index is 0.728. The summed E-state index contributed by atoms with van der Waals surface area (Å²) in [5, 5.41) is 0.728. The Kier molecular flexibility index (Phi) is 1.40. The fourth-order valence-corrected chi connectivity index (χ4v) is 1.43. The number of nitrogens with zero attached hydrogens (tertiary/aromatic N) is 1. The monoisotopic (exact) mass is 166 g/mol. The van der Waals surface area contributed by atoms with Crippen molar-refractivity contribution < 1.29 is 4.42 Å². The Morgan fingerprint density at radius 1 is 1.55 bits per heavy atom. The summed E-state index contributed by atoms with van der Waals surface area (Å²) in [6.45, 7) is 0. The fraction of sp³-hybridized carbons (Fsp3) is 0. The highest BCUT2D eigenvalue weighted by Gasteiger charge is 2.05. The van der Waals surface area contributed by atoms with Crippen molar-refractivity contribution in [3.05, 3.63) is 24.1 Å². The average Bonchev–Trinajstić information content (AvgIpc) is 2.55. The maximum Gasteiger partial charge on any atom is 0.114 e. The van der Waals surface area contributed by atoms with E-state index < -0.39 is 0 Å². The van der Waals surface area contributed by atoms with Gasteiger partial charge in [-0.2, -0.15) is 0 Å². The molecule has 4 heteroatoms. The number of hydrogen-bond acceptors (Lipinski definition) is 4. The Morgan fingerprint density at radius 3 is 3.00 bits per heavy atom. The van der Waals surface area contributed by atoms with Crippen LogP contribution in [0.3, 0.4) is 0 Å². The van der Waals surface area contributed by atoms with Crippen LogP contribution in [0.4, 0.5) is 5.00 Å². The molecule has 0 aliphatic heterocycles. The molecule has 0 unspecified atom stereocenters. The highest BCUT2D eigenvalue weighted by Crippen LogP contribution is 2.27. The van der Waals surface area contributed by atoms with Crippen molar-refractivity contribution in [2.24, 2.45) is 0 Å². The molecule has 0 spiro atoms. The summed E-state index contributed by atoms with van der Waals surface area (Å²) in [5.41, 5.74) is 9.11. The maximum absolute atomic E-state index is 5.65. The summed E-state index contributed by atoms with van der Waals surface area (Å²) in [5.74, 6) is 0. The van der Waals surface area contributed by atoms with Crippen molar-refractivity contribution in [3.8, 4) is 11.3 Å². The fourth-order valence-electron chi connectivity index (χ4n) is 0.871. The van der Waals surface area contributed by atoms with E-state index in [1.54, 1.807) is 18.0 Å². The van der Waals surface area contributed by atoms with Gasteiger partial charge in [0.1, 0.15) is 10.7 Å². The molecule has 2 rings (SSSR count). The van der Waals surface area contributed by atoms with E-state index in [1.165, 1.54) is 11.3 Å². The van der Waals surface area contributed by atoms with Crippen molar-refractivity contribution in [2.75, 3.05) is 5.73 Å². The molecule has 3 nitrogen and oxygen atoms in total. The van der Waals surface area contributed by atoms with E-state index in [0.717, 1.165) is 16.3 Å². The largest absolute Gasteiger partial charge is 0.472 e. The SMILES string of the molecule is Nc1scnc1-c1ccoc1. The van der Waals surface area contributed by atoms with Crippen molar-refractivity contribution in [3.63, 3.8) is 0 Å². The van der Waals surface area contributed by atoms with Gasteiger partial charge in [0.05, 0.1) is 18.0 Å². The van der Waals surface area contributed by atoms with Crippen LogP contribution < -0.4 is 5.73 Å². The van der Waals surface area contributed by atoms with Crippen molar-refractivity contribution in [1.29, 1.82) is 0 Å². The van der Waals surface area contributed by atoms with E-state index in [9.17, 15) is 0 Å². The molecule has 0 fully saturated rings. The second-order valence-corrected chi connectivity index (χ2v) is 2.96. The lowest BCUT2D eigenvalue weighted by Gasteiger charge is -1.89. The number of furan rings is 1. The normalized spacial score (nSPS) is 10.2. The van der Waals surface area contributed by atoms with Gasteiger partial charge in [0, 0.05) is 5.56 Å². The van der Waals surface area contributed by atoms with Gasteiger partial charge in [0.25, 0.3) is 0 Å². The quantitative estimate of drug-likeness (QED) is 0.704. The zero-order valence-corrected chi connectivity index (χ0v) is 6.47. The molecule has 0 atom stereocenters. The number of thiazole rings is 1. The molecule has 2 aromatic heterocycles. The van der Waals surface area contributed by atoms with Gasteiger partial charge in [-0.15, -0.1) is 11.3 Å². The first-order valence-corrected chi connectivity index (χ1v) is 3.97. The summed E-state index contributed by atoms with van der Waals surface area (Å²) in [4.78, 5) is 4.09. The molecule has 0 amide bonds. The predicted octanol–water partition coefficient (Wildman–Crippen LogP) is 1.99. The number of rotatable bonds is 1. The van der Waals surface area contributed by atoms with Gasteiger partial charge < -0.3 is 10.2 Å². The second kappa shape index (κ2) is 2.39. The number of aromatic nitrogens is 1. The molecule has 2 N–H and O–H groups in total. The van der Waals surface area contributed by atoms with Gasteiger partial charge in [0.15, 0.2) is 0 Å². The van der Waals surface area contributed by atoms with Crippen LogP contribution >= 0.6 is 11.3 Å². The average molecular weight is 166 g/mol. The molecule has 56 valence electrons. The third kappa shape index (κ3) is 1.01. The summed E-state index contributed by atoms with van der Waals surface area (Å²) in [6, 6.07) is 1.84. The summed E-state index contributed by atoms with van der Waals surface area (Å²) < 4.78 is 4.90. The standard InChI is InChI=1S/C7H6N2OS/c8-7-6(9-4-11-7)5-1-2-10-3-5/h1-4H,8H2. The second-order valence-electron chi connectivity index (χ2n) is 2.08. The van der Waals surface area contributed by atoms with E-state index in [4.69, 9.17) is 10.2 Å². The van der Waals surface area contributed by atoms with Crippen LogP contribution in [0.1, 0.15) is 0 Å². The zero-order valence-electron chi connectivity index (χ0n) is 5.65.